The SMILES string of the molecule is CCOC(=O)c1c(NC(=O)COc2ccc(C(C)C)cc2Br)sc(C(C)=O)c1C. The summed E-state index contributed by atoms with van der Waals surface area (Å²) in [6.07, 6.45) is 0. The maximum Gasteiger partial charge on any atom is 0.341 e. The highest BCUT2D eigenvalue weighted by Gasteiger charge is 2.25. The highest BCUT2D eigenvalue weighted by atomic mass is 79.9. The molecule has 8 heteroatoms. The molecular weight excluding hydrogens is 458 g/mol. The van der Waals surface area contributed by atoms with E-state index in [2.05, 4.69) is 35.1 Å². The number of Topliss-reactive ketones (excluding diaryl/α,β-unsaturated/α-hetero) is 1. The van der Waals surface area contributed by atoms with E-state index in [1.807, 2.05) is 12.1 Å². The van der Waals surface area contributed by atoms with Gasteiger partial charge >= 0.3 is 5.97 Å². The molecule has 1 aromatic heterocycles. The van der Waals surface area contributed by atoms with Crippen molar-refractivity contribution in [2.24, 2.45) is 0 Å². The zero-order valence-electron chi connectivity index (χ0n) is 17.1. The summed E-state index contributed by atoms with van der Waals surface area (Å²) in [5.74, 6) is -0.267. The summed E-state index contributed by atoms with van der Waals surface area (Å²) in [5.41, 5.74) is 1.86. The molecule has 29 heavy (non-hydrogen) atoms. The first-order valence-electron chi connectivity index (χ1n) is 9.19. The first-order chi connectivity index (χ1) is 13.6. The standard InChI is InChI=1S/C21H24BrNO5S/c1-6-27-21(26)18-12(4)19(13(5)24)29-20(18)23-17(25)10-28-16-8-7-14(11(2)3)9-15(16)22/h7-9,11H,6,10H2,1-5H3,(H,23,25). The van der Waals surface area contributed by atoms with E-state index in [4.69, 9.17) is 9.47 Å². The van der Waals surface area contributed by atoms with Crippen LogP contribution in [0, 0.1) is 6.92 Å². The van der Waals surface area contributed by atoms with Gasteiger partial charge in [0.15, 0.2) is 12.4 Å². The summed E-state index contributed by atoms with van der Waals surface area (Å²) in [6, 6.07) is 5.71. The Morgan fingerprint density at radius 3 is 2.48 bits per heavy atom. The third-order valence-electron chi connectivity index (χ3n) is 4.18. The van der Waals surface area contributed by atoms with Crippen molar-refractivity contribution >= 4 is 49.9 Å². The minimum absolute atomic E-state index is 0.177. The Bertz CT molecular complexity index is 935. The number of benzene rings is 1. The average molecular weight is 482 g/mol. The van der Waals surface area contributed by atoms with E-state index in [0.717, 1.165) is 21.4 Å². The monoisotopic (exact) mass is 481 g/mol. The molecule has 0 unspecified atom stereocenters. The minimum atomic E-state index is -0.572. The van der Waals surface area contributed by atoms with Crippen molar-refractivity contribution in [1.29, 1.82) is 0 Å². The molecule has 0 fully saturated rings. The normalized spacial score (nSPS) is 10.7. The molecule has 0 aliphatic carbocycles. The summed E-state index contributed by atoms with van der Waals surface area (Å²) in [6.45, 7) is 8.92. The van der Waals surface area contributed by atoms with Gasteiger partial charge in [-0.2, -0.15) is 0 Å². The fourth-order valence-corrected chi connectivity index (χ4v) is 4.30. The van der Waals surface area contributed by atoms with Crippen LogP contribution < -0.4 is 10.1 Å². The Kier molecular flexibility index (Phi) is 7.98. The highest BCUT2D eigenvalue weighted by molar-refractivity contribution is 9.10. The van der Waals surface area contributed by atoms with Crippen molar-refractivity contribution in [3.8, 4) is 5.75 Å². The van der Waals surface area contributed by atoms with Gasteiger partial charge in [0.2, 0.25) is 0 Å². The number of esters is 1. The topological polar surface area (TPSA) is 81.7 Å². The predicted molar refractivity (Wildman–Crippen MR) is 117 cm³/mol. The van der Waals surface area contributed by atoms with Crippen LogP contribution in [0.25, 0.3) is 0 Å². The number of anilines is 1. The number of hydrogen-bond acceptors (Lipinski definition) is 6. The Balaban J connectivity index is 2.15. The van der Waals surface area contributed by atoms with Gasteiger partial charge in [-0.1, -0.05) is 19.9 Å². The molecule has 2 aromatic rings. The van der Waals surface area contributed by atoms with Gasteiger partial charge in [0.25, 0.3) is 5.91 Å². The van der Waals surface area contributed by atoms with Crippen molar-refractivity contribution in [2.75, 3.05) is 18.5 Å². The van der Waals surface area contributed by atoms with Crippen LogP contribution in [-0.4, -0.2) is 30.9 Å². The molecule has 1 heterocycles. The molecule has 0 aliphatic rings. The first-order valence-corrected chi connectivity index (χ1v) is 10.8. The molecule has 6 nitrogen and oxygen atoms in total. The summed E-state index contributed by atoms with van der Waals surface area (Å²) >= 11 is 4.52. The van der Waals surface area contributed by atoms with Gasteiger partial charge in [-0.3, -0.25) is 9.59 Å². The molecule has 1 amide bonds. The van der Waals surface area contributed by atoms with Crippen LogP contribution in [0.15, 0.2) is 22.7 Å². The van der Waals surface area contributed by atoms with Crippen LogP contribution in [-0.2, 0) is 9.53 Å². The Labute approximate surface area is 182 Å². The number of ketones is 1. The number of ether oxygens (including phenoxy) is 2. The second-order valence-electron chi connectivity index (χ2n) is 6.72. The lowest BCUT2D eigenvalue weighted by Crippen LogP contribution is -2.21. The summed E-state index contributed by atoms with van der Waals surface area (Å²) in [5, 5.41) is 2.96. The highest BCUT2D eigenvalue weighted by Crippen LogP contribution is 2.34. The van der Waals surface area contributed by atoms with E-state index in [-0.39, 0.29) is 29.6 Å². The molecule has 0 saturated heterocycles. The van der Waals surface area contributed by atoms with Crippen LogP contribution in [0.5, 0.6) is 5.75 Å². The van der Waals surface area contributed by atoms with Crippen molar-refractivity contribution in [3.63, 3.8) is 0 Å². The van der Waals surface area contributed by atoms with Crippen LogP contribution in [0.2, 0.25) is 0 Å². The number of halogens is 1. The molecule has 156 valence electrons. The van der Waals surface area contributed by atoms with E-state index in [0.29, 0.717) is 22.1 Å². The largest absolute Gasteiger partial charge is 0.483 e. The minimum Gasteiger partial charge on any atom is -0.483 e. The molecule has 0 atom stereocenters. The van der Waals surface area contributed by atoms with Gasteiger partial charge < -0.3 is 14.8 Å². The summed E-state index contributed by atoms with van der Waals surface area (Å²) in [4.78, 5) is 37.0. The van der Waals surface area contributed by atoms with E-state index in [1.54, 1.807) is 19.9 Å². The summed E-state index contributed by atoms with van der Waals surface area (Å²) in [7, 11) is 0. The van der Waals surface area contributed by atoms with Gasteiger partial charge in [-0.15, -0.1) is 11.3 Å². The van der Waals surface area contributed by atoms with E-state index < -0.39 is 11.9 Å². The van der Waals surface area contributed by atoms with Crippen molar-refractivity contribution < 1.29 is 23.9 Å². The van der Waals surface area contributed by atoms with E-state index in [9.17, 15) is 14.4 Å². The molecule has 0 aliphatic heterocycles. The molecule has 1 aromatic carbocycles. The Morgan fingerprint density at radius 2 is 1.93 bits per heavy atom. The smallest absolute Gasteiger partial charge is 0.341 e. The van der Waals surface area contributed by atoms with Crippen LogP contribution in [0.4, 0.5) is 5.00 Å². The quantitative estimate of drug-likeness (QED) is 0.406. The van der Waals surface area contributed by atoms with Crippen LogP contribution in [0.3, 0.4) is 0 Å². The van der Waals surface area contributed by atoms with Crippen molar-refractivity contribution in [3.05, 3.63) is 44.2 Å². The van der Waals surface area contributed by atoms with E-state index >= 15 is 0 Å². The lowest BCUT2D eigenvalue weighted by atomic mass is 10.0. The number of amides is 1. The molecule has 0 bridgehead atoms. The summed E-state index contributed by atoms with van der Waals surface area (Å²) < 4.78 is 11.4. The number of rotatable bonds is 8. The van der Waals surface area contributed by atoms with Crippen LogP contribution in [0.1, 0.15) is 64.8 Å². The van der Waals surface area contributed by atoms with Crippen molar-refractivity contribution in [2.45, 2.75) is 40.5 Å². The molecule has 0 saturated carbocycles. The van der Waals surface area contributed by atoms with Crippen LogP contribution >= 0.6 is 27.3 Å². The lowest BCUT2D eigenvalue weighted by Gasteiger charge is -2.12. The molecule has 1 N–H and O–H groups in total. The first kappa shape index (κ1) is 23.1. The van der Waals surface area contributed by atoms with Gasteiger partial charge in [0, 0.05) is 0 Å². The average Bonchev–Trinajstić information content (AvgIpc) is 2.97. The maximum absolute atomic E-state index is 12.4. The fourth-order valence-electron chi connectivity index (χ4n) is 2.69. The Hall–Kier alpha value is -2.19. The third-order valence-corrected chi connectivity index (χ3v) is 6.11. The number of carbonyl (C=O) groups excluding carboxylic acids is 3. The lowest BCUT2D eigenvalue weighted by molar-refractivity contribution is -0.118. The zero-order valence-corrected chi connectivity index (χ0v) is 19.5. The second kappa shape index (κ2) is 10.0. The van der Waals surface area contributed by atoms with Gasteiger partial charge in [-0.05, 0) is 65.9 Å². The predicted octanol–water partition coefficient (Wildman–Crippen LogP) is 5.34. The number of hydrogen-bond donors (Lipinski definition) is 1. The number of carbonyl (C=O) groups is 3. The zero-order chi connectivity index (χ0) is 21.7. The Morgan fingerprint density at radius 1 is 1.24 bits per heavy atom. The third kappa shape index (κ3) is 5.67. The van der Waals surface area contributed by atoms with Gasteiger partial charge in [0.1, 0.15) is 10.8 Å². The fraction of sp³-hybridized carbons (Fsp3) is 0.381. The molecule has 0 spiro atoms. The van der Waals surface area contributed by atoms with E-state index in [1.165, 1.54) is 6.92 Å². The molecule has 0 radical (unpaired) electrons. The van der Waals surface area contributed by atoms with Crippen molar-refractivity contribution in [1.82, 2.24) is 0 Å². The molecule has 2 rings (SSSR count). The maximum atomic E-state index is 12.4. The number of nitrogens with one attached hydrogen (secondary N) is 1. The van der Waals surface area contributed by atoms with Gasteiger partial charge in [-0.25, -0.2) is 4.79 Å². The molecular formula is C21H24BrNO5S. The second-order valence-corrected chi connectivity index (χ2v) is 8.59. The number of thiophene rings is 1. The van der Waals surface area contributed by atoms with Gasteiger partial charge in [0.05, 0.1) is 21.5 Å².